The molecule has 0 saturated carbocycles. The van der Waals surface area contributed by atoms with Crippen LogP contribution in [0, 0.1) is 31.1 Å². The Labute approximate surface area is 141 Å². The van der Waals surface area contributed by atoms with Gasteiger partial charge in [0.15, 0.2) is 0 Å². The molecule has 0 bridgehead atoms. The molecule has 0 N–H and O–H groups in total. The number of aromatic nitrogens is 2. The number of benzene rings is 2. The second-order valence-electron chi connectivity index (χ2n) is 6.01. The molecule has 23 heavy (non-hydrogen) atoms. The molecule has 0 aliphatic carbocycles. The molecule has 3 rings (SSSR count). The summed E-state index contributed by atoms with van der Waals surface area (Å²) >= 11 is 6.14. The summed E-state index contributed by atoms with van der Waals surface area (Å²) in [5, 5.41) is 9.89. The van der Waals surface area contributed by atoms with Gasteiger partial charge in [-0.25, -0.2) is 4.98 Å². The zero-order chi connectivity index (χ0) is 16.6. The third-order valence-corrected chi connectivity index (χ3v) is 4.36. The van der Waals surface area contributed by atoms with Crippen LogP contribution in [0.2, 0.25) is 5.02 Å². The quantitative estimate of drug-likeness (QED) is 0.670. The Kier molecular flexibility index (Phi) is 4.11. The Hall–Kier alpha value is -2.31. The highest BCUT2D eigenvalue weighted by Gasteiger charge is 2.16. The average Bonchev–Trinajstić information content (AvgIpc) is 2.85. The first-order chi connectivity index (χ1) is 11.0. The SMILES string of the molecule is Cc1cc2nc(-c3cccc(Cl)c3)n(CC(C)C#N)c2cc1C. The third-order valence-electron chi connectivity index (χ3n) is 4.12. The van der Waals surface area contributed by atoms with Crippen molar-refractivity contribution in [2.45, 2.75) is 27.3 Å². The highest BCUT2D eigenvalue weighted by atomic mass is 35.5. The highest BCUT2D eigenvalue weighted by molar-refractivity contribution is 6.30. The summed E-state index contributed by atoms with van der Waals surface area (Å²) in [5.41, 5.74) is 5.42. The summed E-state index contributed by atoms with van der Waals surface area (Å²) in [5.74, 6) is 0.765. The van der Waals surface area contributed by atoms with Crippen LogP contribution in [0.1, 0.15) is 18.1 Å². The maximum absolute atomic E-state index is 9.21. The normalized spacial score (nSPS) is 12.3. The monoisotopic (exact) mass is 323 g/mol. The van der Waals surface area contributed by atoms with Crippen molar-refractivity contribution < 1.29 is 0 Å². The number of imidazole rings is 1. The molecular weight excluding hydrogens is 306 g/mol. The van der Waals surface area contributed by atoms with Crippen LogP contribution < -0.4 is 0 Å². The van der Waals surface area contributed by atoms with Crippen molar-refractivity contribution in [3.05, 3.63) is 52.5 Å². The first-order valence-electron chi connectivity index (χ1n) is 7.62. The largest absolute Gasteiger partial charge is 0.323 e. The second-order valence-corrected chi connectivity index (χ2v) is 6.45. The number of nitriles is 1. The van der Waals surface area contributed by atoms with Crippen LogP contribution in [0.3, 0.4) is 0 Å². The molecule has 0 aliphatic heterocycles. The Morgan fingerprint density at radius 1 is 1.22 bits per heavy atom. The number of aryl methyl sites for hydroxylation is 2. The fraction of sp³-hybridized carbons (Fsp3) is 0.263. The molecule has 0 aliphatic rings. The van der Waals surface area contributed by atoms with Gasteiger partial charge in [-0.3, -0.25) is 0 Å². The molecule has 116 valence electrons. The van der Waals surface area contributed by atoms with Gasteiger partial charge in [0, 0.05) is 17.1 Å². The highest BCUT2D eigenvalue weighted by Crippen LogP contribution is 2.29. The summed E-state index contributed by atoms with van der Waals surface area (Å²) in [6.45, 7) is 6.72. The Bertz CT molecular complexity index is 918. The molecule has 0 fully saturated rings. The molecule has 1 unspecified atom stereocenters. The van der Waals surface area contributed by atoms with E-state index in [1.165, 1.54) is 11.1 Å². The summed E-state index contributed by atoms with van der Waals surface area (Å²) in [6.07, 6.45) is 0. The van der Waals surface area contributed by atoms with E-state index in [0.29, 0.717) is 11.6 Å². The number of hydrogen-bond donors (Lipinski definition) is 0. The van der Waals surface area contributed by atoms with Gasteiger partial charge in [-0.2, -0.15) is 5.26 Å². The van der Waals surface area contributed by atoms with Gasteiger partial charge in [0.25, 0.3) is 0 Å². The zero-order valence-electron chi connectivity index (χ0n) is 13.5. The fourth-order valence-electron chi connectivity index (χ4n) is 2.73. The maximum atomic E-state index is 9.21. The van der Waals surface area contributed by atoms with Crippen molar-refractivity contribution in [2.75, 3.05) is 0 Å². The van der Waals surface area contributed by atoms with E-state index in [9.17, 15) is 5.26 Å². The topological polar surface area (TPSA) is 41.6 Å². The van der Waals surface area contributed by atoms with Crippen LogP contribution in [0.15, 0.2) is 36.4 Å². The smallest absolute Gasteiger partial charge is 0.141 e. The van der Waals surface area contributed by atoms with Crippen LogP contribution >= 0.6 is 11.6 Å². The molecule has 0 spiro atoms. The van der Waals surface area contributed by atoms with Crippen LogP contribution in [-0.4, -0.2) is 9.55 Å². The maximum Gasteiger partial charge on any atom is 0.141 e. The predicted molar refractivity (Wildman–Crippen MR) is 94.4 cm³/mol. The van der Waals surface area contributed by atoms with E-state index in [-0.39, 0.29) is 5.92 Å². The summed E-state index contributed by atoms with van der Waals surface area (Å²) in [6, 6.07) is 14.2. The standard InChI is InChI=1S/C19H18ClN3/c1-12(10-21)11-23-18-8-14(3)13(2)7-17(18)22-19(23)15-5-4-6-16(20)9-15/h4-9,12H,11H2,1-3H3. The minimum Gasteiger partial charge on any atom is -0.323 e. The van der Waals surface area contributed by atoms with E-state index in [0.717, 1.165) is 22.4 Å². The Morgan fingerprint density at radius 2 is 1.96 bits per heavy atom. The zero-order valence-corrected chi connectivity index (χ0v) is 14.2. The Morgan fingerprint density at radius 3 is 2.65 bits per heavy atom. The lowest BCUT2D eigenvalue weighted by atomic mass is 10.1. The van der Waals surface area contributed by atoms with Gasteiger partial charge >= 0.3 is 0 Å². The van der Waals surface area contributed by atoms with Crippen molar-refractivity contribution in [1.82, 2.24) is 9.55 Å². The number of nitrogens with zero attached hydrogens (tertiary/aromatic N) is 3. The van der Waals surface area contributed by atoms with Gasteiger partial charge in [0.05, 0.1) is 23.0 Å². The van der Waals surface area contributed by atoms with Crippen LogP contribution in [0.5, 0.6) is 0 Å². The lowest BCUT2D eigenvalue weighted by Gasteiger charge is -2.11. The van der Waals surface area contributed by atoms with Gasteiger partial charge in [0.1, 0.15) is 5.82 Å². The van der Waals surface area contributed by atoms with E-state index in [1.54, 1.807) is 0 Å². The van der Waals surface area contributed by atoms with Gasteiger partial charge in [-0.1, -0.05) is 23.7 Å². The van der Waals surface area contributed by atoms with E-state index >= 15 is 0 Å². The molecule has 0 radical (unpaired) electrons. The number of hydrogen-bond acceptors (Lipinski definition) is 2. The van der Waals surface area contributed by atoms with Gasteiger partial charge in [-0.05, 0) is 56.2 Å². The second kappa shape index (κ2) is 6.06. The minimum absolute atomic E-state index is 0.0908. The van der Waals surface area contributed by atoms with E-state index < -0.39 is 0 Å². The van der Waals surface area contributed by atoms with Crippen molar-refractivity contribution in [2.24, 2.45) is 5.92 Å². The summed E-state index contributed by atoms with van der Waals surface area (Å²) < 4.78 is 2.13. The molecule has 1 heterocycles. The molecular formula is C19H18ClN3. The van der Waals surface area contributed by atoms with E-state index in [1.807, 2.05) is 31.2 Å². The lowest BCUT2D eigenvalue weighted by molar-refractivity contribution is 0.597. The van der Waals surface area contributed by atoms with Gasteiger partial charge < -0.3 is 4.57 Å². The van der Waals surface area contributed by atoms with E-state index in [4.69, 9.17) is 16.6 Å². The first-order valence-corrected chi connectivity index (χ1v) is 8.00. The average molecular weight is 324 g/mol. The molecule has 3 aromatic rings. The summed E-state index contributed by atoms with van der Waals surface area (Å²) in [4.78, 5) is 4.81. The molecule has 4 heteroatoms. The number of halogens is 1. The molecule has 1 aromatic heterocycles. The molecule has 3 nitrogen and oxygen atoms in total. The Balaban J connectivity index is 2.27. The first kappa shape index (κ1) is 15.6. The lowest BCUT2D eigenvalue weighted by Crippen LogP contribution is -2.07. The van der Waals surface area contributed by atoms with Crippen molar-refractivity contribution in [1.29, 1.82) is 5.26 Å². The van der Waals surface area contributed by atoms with Crippen molar-refractivity contribution in [3.63, 3.8) is 0 Å². The predicted octanol–water partition coefficient (Wildman–Crippen LogP) is 5.13. The van der Waals surface area contributed by atoms with Crippen molar-refractivity contribution >= 4 is 22.6 Å². The number of rotatable bonds is 3. The van der Waals surface area contributed by atoms with Crippen LogP contribution in [0.4, 0.5) is 0 Å². The van der Waals surface area contributed by atoms with Gasteiger partial charge in [0.2, 0.25) is 0 Å². The van der Waals surface area contributed by atoms with Crippen molar-refractivity contribution in [3.8, 4) is 17.5 Å². The molecule has 1 atom stereocenters. The van der Waals surface area contributed by atoms with Gasteiger partial charge in [-0.15, -0.1) is 0 Å². The third kappa shape index (κ3) is 2.95. The molecule has 2 aromatic carbocycles. The fourth-order valence-corrected chi connectivity index (χ4v) is 2.92. The minimum atomic E-state index is -0.0908. The molecule has 0 amide bonds. The number of fused-ring (bicyclic) bond motifs is 1. The molecule has 0 saturated heterocycles. The van der Waals surface area contributed by atoms with Crippen LogP contribution in [-0.2, 0) is 6.54 Å². The van der Waals surface area contributed by atoms with E-state index in [2.05, 4.69) is 36.6 Å². The summed E-state index contributed by atoms with van der Waals surface area (Å²) in [7, 11) is 0. The van der Waals surface area contributed by atoms with Crippen LogP contribution in [0.25, 0.3) is 22.4 Å².